The van der Waals surface area contributed by atoms with Crippen molar-refractivity contribution in [2.75, 3.05) is 0 Å². The molecule has 0 aliphatic carbocycles. The fraction of sp³-hybridized carbons (Fsp3) is 0.400. The van der Waals surface area contributed by atoms with Crippen LogP contribution in [-0.4, -0.2) is 0 Å². The van der Waals surface area contributed by atoms with Gasteiger partial charge in [-0.25, -0.2) is 8.78 Å². The zero-order valence-corrected chi connectivity index (χ0v) is 7.56. The first-order chi connectivity index (χ1) is 6.15. The van der Waals surface area contributed by atoms with E-state index >= 15 is 0 Å². The van der Waals surface area contributed by atoms with E-state index in [1.807, 2.05) is 6.92 Å². The molecule has 2 N–H and O–H groups in total. The van der Waals surface area contributed by atoms with Gasteiger partial charge in [0.2, 0.25) is 0 Å². The number of halogens is 2. The monoisotopic (exact) mass is 185 g/mol. The van der Waals surface area contributed by atoms with Gasteiger partial charge >= 0.3 is 0 Å². The molecule has 1 nitrogen and oxygen atoms in total. The number of hydrogen-bond donors (Lipinski definition) is 1. The average molecular weight is 185 g/mol. The molecule has 0 aliphatic rings. The molecule has 0 saturated carbocycles. The molecule has 0 heterocycles. The molecule has 72 valence electrons. The van der Waals surface area contributed by atoms with Crippen molar-refractivity contribution in [2.45, 2.75) is 25.8 Å². The normalized spacial score (nSPS) is 12.9. The summed E-state index contributed by atoms with van der Waals surface area (Å²) in [5.41, 5.74) is 6.39. The van der Waals surface area contributed by atoms with Crippen LogP contribution in [0.3, 0.4) is 0 Å². The van der Waals surface area contributed by atoms with Crippen LogP contribution >= 0.6 is 0 Å². The van der Waals surface area contributed by atoms with Crippen LogP contribution in [0.5, 0.6) is 0 Å². The Labute approximate surface area is 76.6 Å². The molecule has 3 heteroatoms. The summed E-state index contributed by atoms with van der Waals surface area (Å²) in [7, 11) is 0. The molecule has 1 atom stereocenters. The molecule has 1 aromatic rings. The van der Waals surface area contributed by atoms with E-state index in [1.165, 1.54) is 6.07 Å². The molecule has 1 aromatic carbocycles. The van der Waals surface area contributed by atoms with Gasteiger partial charge < -0.3 is 5.73 Å². The van der Waals surface area contributed by atoms with Gasteiger partial charge in [-0.15, -0.1) is 0 Å². The van der Waals surface area contributed by atoms with Gasteiger partial charge in [0.1, 0.15) is 0 Å². The van der Waals surface area contributed by atoms with Gasteiger partial charge in [-0.3, -0.25) is 0 Å². The van der Waals surface area contributed by atoms with Gasteiger partial charge in [-0.2, -0.15) is 0 Å². The topological polar surface area (TPSA) is 26.0 Å². The second kappa shape index (κ2) is 4.33. The third-order valence-corrected chi connectivity index (χ3v) is 1.97. The Balaban J connectivity index is 2.84. The van der Waals surface area contributed by atoms with Gasteiger partial charge in [0.25, 0.3) is 0 Å². The maximum Gasteiger partial charge on any atom is 0.159 e. The fourth-order valence-electron chi connectivity index (χ4n) is 1.22. The summed E-state index contributed by atoms with van der Waals surface area (Å²) in [6.45, 7) is 2.00. The zero-order valence-electron chi connectivity index (χ0n) is 7.56. The lowest BCUT2D eigenvalue weighted by Crippen LogP contribution is -2.10. The van der Waals surface area contributed by atoms with Gasteiger partial charge in [0, 0.05) is 6.04 Å². The lowest BCUT2D eigenvalue weighted by atomic mass is 10.0. The minimum Gasteiger partial charge on any atom is -0.324 e. The summed E-state index contributed by atoms with van der Waals surface area (Å²) in [6, 6.07) is 3.61. The molecular formula is C10H13F2N. The van der Waals surface area contributed by atoms with Gasteiger partial charge in [0.05, 0.1) is 0 Å². The van der Waals surface area contributed by atoms with Crippen molar-refractivity contribution in [1.29, 1.82) is 0 Å². The van der Waals surface area contributed by atoms with Crippen molar-refractivity contribution in [1.82, 2.24) is 0 Å². The maximum absolute atomic E-state index is 12.7. The van der Waals surface area contributed by atoms with Crippen molar-refractivity contribution < 1.29 is 8.78 Å². The average Bonchev–Trinajstić information content (AvgIpc) is 2.10. The summed E-state index contributed by atoms with van der Waals surface area (Å²) in [4.78, 5) is 0. The zero-order chi connectivity index (χ0) is 9.84. The van der Waals surface area contributed by atoms with Crippen molar-refractivity contribution in [3.63, 3.8) is 0 Å². The number of benzene rings is 1. The largest absolute Gasteiger partial charge is 0.324 e. The number of hydrogen-bond acceptors (Lipinski definition) is 1. The first-order valence-electron chi connectivity index (χ1n) is 4.35. The molecule has 0 spiro atoms. The van der Waals surface area contributed by atoms with Crippen LogP contribution in [0.4, 0.5) is 8.78 Å². The molecule has 0 aliphatic heterocycles. The van der Waals surface area contributed by atoms with Crippen LogP contribution in [0, 0.1) is 11.6 Å². The highest BCUT2D eigenvalue weighted by Gasteiger charge is 2.08. The SMILES string of the molecule is CCCC(N)c1ccc(F)c(F)c1. The lowest BCUT2D eigenvalue weighted by Gasteiger charge is -2.10. The van der Waals surface area contributed by atoms with E-state index in [9.17, 15) is 8.78 Å². The van der Waals surface area contributed by atoms with Gasteiger partial charge in [0.15, 0.2) is 11.6 Å². The van der Waals surface area contributed by atoms with E-state index < -0.39 is 11.6 Å². The summed E-state index contributed by atoms with van der Waals surface area (Å²) in [5, 5.41) is 0. The Morgan fingerprint density at radius 3 is 2.54 bits per heavy atom. The van der Waals surface area contributed by atoms with Gasteiger partial charge in [-0.1, -0.05) is 19.4 Å². The van der Waals surface area contributed by atoms with Crippen LogP contribution in [-0.2, 0) is 0 Å². The van der Waals surface area contributed by atoms with Crippen LogP contribution < -0.4 is 5.73 Å². The van der Waals surface area contributed by atoms with Crippen LogP contribution in [0.25, 0.3) is 0 Å². The predicted octanol–water partition coefficient (Wildman–Crippen LogP) is 2.76. The van der Waals surface area contributed by atoms with E-state index in [-0.39, 0.29) is 6.04 Å². The van der Waals surface area contributed by atoms with Crippen molar-refractivity contribution in [2.24, 2.45) is 5.73 Å². The number of rotatable bonds is 3. The summed E-state index contributed by atoms with van der Waals surface area (Å²) < 4.78 is 25.3. The quantitative estimate of drug-likeness (QED) is 0.769. The second-order valence-corrected chi connectivity index (χ2v) is 3.07. The highest BCUT2D eigenvalue weighted by atomic mass is 19.2. The van der Waals surface area contributed by atoms with Crippen LogP contribution in [0.1, 0.15) is 31.4 Å². The Morgan fingerprint density at radius 1 is 1.31 bits per heavy atom. The summed E-state index contributed by atoms with van der Waals surface area (Å²) >= 11 is 0. The molecule has 0 aromatic heterocycles. The Hall–Kier alpha value is -0.960. The van der Waals surface area contributed by atoms with E-state index in [2.05, 4.69) is 0 Å². The smallest absolute Gasteiger partial charge is 0.159 e. The highest BCUT2D eigenvalue weighted by Crippen LogP contribution is 2.17. The summed E-state index contributed by atoms with van der Waals surface area (Å²) in [6.07, 6.45) is 1.71. The first kappa shape index (κ1) is 10.1. The van der Waals surface area contributed by atoms with Crippen LogP contribution in [0.15, 0.2) is 18.2 Å². The van der Waals surface area contributed by atoms with E-state index in [4.69, 9.17) is 5.73 Å². The standard InChI is InChI=1S/C10H13F2N/c1-2-3-10(13)7-4-5-8(11)9(12)6-7/h4-6,10H,2-3,13H2,1H3. The van der Waals surface area contributed by atoms with Gasteiger partial charge in [-0.05, 0) is 24.1 Å². The fourth-order valence-corrected chi connectivity index (χ4v) is 1.22. The molecule has 0 saturated heterocycles. The molecule has 0 radical (unpaired) electrons. The minimum absolute atomic E-state index is 0.194. The van der Waals surface area contributed by atoms with E-state index in [0.29, 0.717) is 5.56 Å². The van der Waals surface area contributed by atoms with E-state index in [0.717, 1.165) is 25.0 Å². The lowest BCUT2D eigenvalue weighted by molar-refractivity contribution is 0.504. The predicted molar refractivity (Wildman–Crippen MR) is 48.2 cm³/mol. The molecule has 0 bridgehead atoms. The maximum atomic E-state index is 12.7. The Bertz CT molecular complexity index is 286. The third kappa shape index (κ3) is 2.49. The number of nitrogens with two attached hydrogens (primary N) is 1. The first-order valence-corrected chi connectivity index (χ1v) is 4.35. The van der Waals surface area contributed by atoms with E-state index in [1.54, 1.807) is 0 Å². The van der Waals surface area contributed by atoms with Crippen molar-refractivity contribution >= 4 is 0 Å². The van der Waals surface area contributed by atoms with Crippen molar-refractivity contribution in [3.05, 3.63) is 35.4 Å². The molecular weight excluding hydrogens is 172 g/mol. The Morgan fingerprint density at radius 2 is 2.00 bits per heavy atom. The molecule has 13 heavy (non-hydrogen) atoms. The highest BCUT2D eigenvalue weighted by molar-refractivity contribution is 5.20. The second-order valence-electron chi connectivity index (χ2n) is 3.07. The molecule has 1 unspecified atom stereocenters. The molecule has 0 amide bonds. The van der Waals surface area contributed by atoms with Crippen LogP contribution in [0.2, 0.25) is 0 Å². The molecule has 0 fully saturated rings. The minimum atomic E-state index is -0.830. The molecule has 1 rings (SSSR count). The Kier molecular flexibility index (Phi) is 3.37. The third-order valence-electron chi connectivity index (χ3n) is 1.97. The van der Waals surface area contributed by atoms with Crippen molar-refractivity contribution in [3.8, 4) is 0 Å². The summed E-state index contributed by atoms with van der Waals surface area (Å²) in [5.74, 6) is -1.66.